The molecule has 0 fully saturated rings. The molecule has 0 saturated carbocycles. The highest BCUT2D eigenvalue weighted by atomic mass is 79.9. The molecule has 1 aromatic heterocycles. The van der Waals surface area contributed by atoms with Gasteiger partial charge in [-0.2, -0.15) is 0 Å². The summed E-state index contributed by atoms with van der Waals surface area (Å²) in [7, 11) is 1.64. The molecule has 5 heteroatoms. The zero-order chi connectivity index (χ0) is 13.8. The molecule has 0 aliphatic carbocycles. The summed E-state index contributed by atoms with van der Waals surface area (Å²) in [5.74, 6) is 0.803. The van der Waals surface area contributed by atoms with Gasteiger partial charge < -0.3 is 10.5 Å². The van der Waals surface area contributed by atoms with Crippen molar-refractivity contribution >= 4 is 31.9 Å². The molecule has 1 unspecified atom stereocenters. The average molecular weight is 386 g/mol. The Labute approximate surface area is 129 Å². The van der Waals surface area contributed by atoms with Gasteiger partial charge in [0.15, 0.2) is 0 Å². The van der Waals surface area contributed by atoms with Crippen molar-refractivity contribution in [3.05, 3.63) is 56.7 Å². The van der Waals surface area contributed by atoms with Crippen LogP contribution in [0.1, 0.15) is 17.3 Å². The maximum absolute atomic E-state index is 6.21. The van der Waals surface area contributed by atoms with Crippen LogP contribution in [0.3, 0.4) is 0 Å². The number of hydrogen-bond acceptors (Lipinski definition) is 3. The summed E-state index contributed by atoms with van der Waals surface area (Å²) in [5, 5.41) is 0. The molecular weight excluding hydrogens is 372 g/mol. The van der Waals surface area contributed by atoms with Gasteiger partial charge in [0.1, 0.15) is 5.75 Å². The van der Waals surface area contributed by atoms with Crippen molar-refractivity contribution in [3.8, 4) is 5.75 Å². The van der Waals surface area contributed by atoms with Crippen LogP contribution in [-0.2, 0) is 6.42 Å². The number of aromatic nitrogens is 1. The lowest BCUT2D eigenvalue weighted by Crippen LogP contribution is -2.14. The second kappa shape index (κ2) is 6.50. The molecule has 19 heavy (non-hydrogen) atoms. The number of nitrogens with zero attached hydrogens (tertiary/aromatic N) is 1. The Morgan fingerprint density at radius 3 is 2.63 bits per heavy atom. The third kappa shape index (κ3) is 3.78. The van der Waals surface area contributed by atoms with Crippen LogP contribution in [0, 0.1) is 0 Å². The van der Waals surface area contributed by atoms with Crippen molar-refractivity contribution < 1.29 is 4.74 Å². The van der Waals surface area contributed by atoms with Gasteiger partial charge in [-0.3, -0.25) is 4.98 Å². The van der Waals surface area contributed by atoms with E-state index in [2.05, 4.69) is 36.8 Å². The lowest BCUT2D eigenvalue weighted by molar-refractivity contribution is 0.412. The van der Waals surface area contributed by atoms with E-state index in [9.17, 15) is 0 Å². The van der Waals surface area contributed by atoms with Gasteiger partial charge in [-0.15, -0.1) is 0 Å². The third-order valence-electron chi connectivity index (χ3n) is 2.82. The highest BCUT2D eigenvalue weighted by Gasteiger charge is 2.10. The number of halogens is 2. The van der Waals surface area contributed by atoms with Crippen molar-refractivity contribution in [2.24, 2.45) is 5.73 Å². The van der Waals surface area contributed by atoms with Crippen LogP contribution in [0.15, 0.2) is 45.5 Å². The number of methoxy groups -OCH3 is 1. The minimum Gasteiger partial charge on any atom is -0.496 e. The quantitative estimate of drug-likeness (QED) is 0.869. The zero-order valence-corrected chi connectivity index (χ0v) is 13.6. The molecule has 1 aromatic carbocycles. The van der Waals surface area contributed by atoms with Crippen molar-refractivity contribution in [2.75, 3.05) is 7.11 Å². The number of pyridine rings is 1. The summed E-state index contributed by atoms with van der Waals surface area (Å²) >= 11 is 6.84. The van der Waals surface area contributed by atoms with E-state index in [1.165, 1.54) is 0 Å². The van der Waals surface area contributed by atoms with E-state index in [4.69, 9.17) is 10.5 Å². The summed E-state index contributed by atoms with van der Waals surface area (Å²) in [6.07, 6.45) is 2.48. The maximum atomic E-state index is 6.21. The van der Waals surface area contributed by atoms with E-state index in [1.54, 1.807) is 13.3 Å². The number of nitrogens with two attached hydrogens (primary N) is 1. The van der Waals surface area contributed by atoms with Crippen LogP contribution in [0.25, 0.3) is 0 Å². The molecule has 0 saturated heterocycles. The van der Waals surface area contributed by atoms with Crippen LogP contribution in [-0.4, -0.2) is 12.1 Å². The molecule has 100 valence electrons. The van der Waals surface area contributed by atoms with Gasteiger partial charge in [-0.25, -0.2) is 0 Å². The van der Waals surface area contributed by atoms with Crippen molar-refractivity contribution in [1.82, 2.24) is 4.98 Å². The number of rotatable bonds is 4. The van der Waals surface area contributed by atoms with Crippen LogP contribution in [0.2, 0.25) is 0 Å². The molecule has 0 radical (unpaired) electrons. The molecule has 1 heterocycles. The second-order valence-corrected chi connectivity index (χ2v) is 5.94. The van der Waals surface area contributed by atoms with Crippen LogP contribution >= 0.6 is 31.9 Å². The van der Waals surface area contributed by atoms with Crippen molar-refractivity contribution in [1.29, 1.82) is 0 Å². The van der Waals surface area contributed by atoms with Crippen molar-refractivity contribution in [2.45, 2.75) is 12.5 Å². The number of hydrogen-bond donors (Lipinski definition) is 1. The van der Waals surface area contributed by atoms with Crippen LogP contribution in [0.5, 0.6) is 5.75 Å². The largest absolute Gasteiger partial charge is 0.496 e. The molecule has 0 bridgehead atoms. The first-order valence-electron chi connectivity index (χ1n) is 5.79. The topological polar surface area (TPSA) is 48.1 Å². The number of benzene rings is 1. The first-order valence-corrected chi connectivity index (χ1v) is 7.38. The fraction of sp³-hybridized carbons (Fsp3) is 0.214. The SMILES string of the molecule is COc1ccc(C(N)Cc2ccc(Br)cn2)cc1Br. The summed E-state index contributed by atoms with van der Waals surface area (Å²) < 4.78 is 7.08. The maximum Gasteiger partial charge on any atom is 0.133 e. The van der Waals surface area contributed by atoms with Gasteiger partial charge in [-0.05, 0) is 61.7 Å². The van der Waals surface area contributed by atoms with E-state index in [0.717, 1.165) is 26.0 Å². The van der Waals surface area contributed by atoms with Gasteiger partial charge >= 0.3 is 0 Å². The van der Waals surface area contributed by atoms with Crippen LogP contribution in [0.4, 0.5) is 0 Å². The highest BCUT2D eigenvalue weighted by Crippen LogP contribution is 2.28. The molecule has 2 aromatic rings. The Hall–Kier alpha value is -0.910. The highest BCUT2D eigenvalue weighted by molar-refractivity contribution is 9.10. The predicted molar refractivity (Wildman–Crippen MR) is 83.3 cm³/mol. The summed E-state index contributed by atoms with van der Waals surface area (Å²) in [6, 6.07) is 9.74. The van der Waals surface area contributed by atoms with E-state index in [0.29, 0.717) is 6.42 Å². The lowest BCUT2D eigenvalue weighted by Gasteiger charge is -2.13. The summed E-state index contributed by atoms with van der Waals surface area (Å²) in [5.41, 5.74) is 8.24. The van der Waals surface area contributed by atoms with Crippen LogP contribution < -0.4 is 10.5 Å². The standard InChI is InChI=1S/C14H14Br2N2O/c1-19-14-5-2-9(6-12(14)16)13(17)7-11-4-3-10(15)8-18-11/h2-6,8,13H,7,17H2,1H3. The molecule has 3 nitrogen and oxygen atoms in total. The molecule has 0 amide bonds. The van der Waals surface area contributed by atoms with E-state index >= 15 is 0 Å². The Balaban J connectivity index is 2.13. The molecule has 2 rings (SSSR count). The Bertz CT molecular complexity index is 558. The van der Waals surface area contributed by atoms with E-state index in [-0.39, 0.29) is 6.04 Å². The fourth-order valence-electron chi connectivity index (χ4n) is 1.78. The Morgan fingerprint density at radius 2 is 2.05 bits per heavy atom. The molecule has 2 N–H and O–H groups in total. The van der Waals surface area contributed by atoms with E-state index < -0.39 is 0 Å². The Morgan fingerprint density at radius 1 is 1.26 bits per heavy atom. The molecule has 0 aliphatic rings. The summed E-state index contributed by atoms with van der Waals surface area (Å²) in [6.45, 7) is 0. The minimum absolute atomic E-state index is 0.0871. The zero-order valence-electron chi connectivity index (χ0n) is 10.4. The van der Waals surface area contributed by atoms with Gasteiger partial charge in [-0.1, -0.05) is 6.07 Å². The second-order valence-electron chi connectivity index (χ2n) is 4.17. The average Bonchev–Trinajstić information content (AvgIpc) is 2.41. The molecular formula is C14H14Br2N2O. The van der Waals surface area contributed by atoms with Gasteiger partial charge in [0, 0.05) is 28.8 Å². The third-order valence-corrected chi connectivity index (χ3v) is 3.91. The van der Waals surface area contributed by atoms with Gasteiger partial charge in [0.2, 0.25) is 0 Å². The van der Waals surface area contributed by atoms with Gasteiger partial charge in [0.25, 0.3) is 0 Å². The lowest BCUT2D eigenvalue weighted by atomic mass is 10.0. The first kappa shape index (κ1) is 14.5. The molecule has 1 atom stereocenters. The minimum atomic E-state index is -0.0871. The smallest absolute Gasteiger partial charge is 0.133 e. The van der Waals surface area contributed by atoms with Gasteiger partial charge in [0.05, 0.1) is 11.6 Å². The summed E-state index contributed by atoms with van der Waals surface area (Å²) in [4.78, 5) is 4.34. The normalized spacial score (nSPS) is 12.2. The predicted octanol–water partition coefficient (Wildman–Crippen LogP) is 3.86. The fourth-order valence-corrected chi connectivity index (χ4v) is 2.58. The van der Waals surface area contributed by atoms with Crippen molar-refractivity contribution in [3.63, 3.8) is 0 Å². The Kier molecular flexibility index (Phi) is 4.96. The first-order chi connectivity index (χ1) is 9.10. The monoisotopic (exact) mass is 384 g/mol. The van der Waals surface area contributed by atoms with E-state index in [1.807, 2.05) is 30.3 Å². The molecule has 0 aliphatic heterocycles. The number of ether oxygens (including phenoxy) is 1. The molecule has 0 spiro atoms.